The van der Waals surface area contributed by atoms with E-state index in [2.05, 4.69) is 4.98 Å². The Morgan fingerprint density at radius 2 is 1.85 bits per heavy atom. The molecular weight excluding hydrogens is 326 g/mol. The summed E-state index contributed by atoms with van der Waals surface area (Å²) >= 11 is 0. The number of para-hydroxylation sites is 1. The van der Waals surface area contributed by atoms with Crippen LogP contribution >= 0.6 is 0 Å². The molecule has 0 unspecified atom stereocenters. The van der Waals surface area contributed by atoms with Crippen molar-refractivity contribution in [3.8, 4) is 22.6 Å². The number of nitrogens with zero attached hydrogens (tertiary/aromatic N) is 3. The largest absolute Gasteiger partial charge is 0.506 e. The van der Waals surface area contributed by atoms with Crippen LogP contribution in [0.2, 0.25) is 0 Å². The molecule has 4 rings (SSSR count). The summed E-state index contributed by atoms with van der Waals surface area (Å²) in [6.07, 6.45) is 3.64. The van der Waals surface area contributed by atoms with Crippen LogP contribution < -0.4 is 5.56 Å². The number of benzene rings is 2. The second-order valence-corrected chi connectivity index (χ2v) is 5.99. The number of hydrogen-bond acceptors (Lipinski definition) is 4. The van der Waals surface area contributed by atoms with Crippen molar-refractivity contribution in [2.24, 2.45) is 0 Å². The summed E-state index contributed by atoms with van der Waals surface area (Å²) in [5.41, 5.74) is 2.68. The zero-order valence-electron chi connectivity index (χ0n) is 14.3. The van der Waals surface area contributed by atoms with Gasteiger partial charge < -0.3 is 5.11 Å². The molecule has 1 N–H and O–H groups in total. The van der Waals surface area contributed by atoms with Crippen molar-refractivity contribution in [3.05, 3.63) is 83.2 Å². The molecule has 0 saturated carbocycles. The van der Waals surface area contributed by atoms with Crippen molar-refractivity contribution >= 4 is 10.9 Å². The van der Waals surface area contributed by atoms with Gasteiger partial charge in [0.2, 0.25) is 0 Å². The Kier molecular flexibility index (Phi) is 3.97. The number of hydrogen-bond donors (Lipinski definition) is 1. The molecule has 0 fully saturated rings. The molecule has 2 heterocycles. The lowest BCUT2D eigenvalue weighted by Crippen LogP contribution is -2.24. The lowest BCUT2D eigenvalue weighted by molar-refractivity contribution is 0.473. The van der Waals surface area contributed by atoms with Crippen molar-refractivity contribution in [1.82, 2.24) is 14.5 Å². The molecule has 0 aliphatic carbocycles. The number of fused-ring (bicyclic) bond motifs is 1. The molecule has 26 heavy (non-hydrogen) atoms. The molecule has 2 aromatic carbocycles. The molecular formula is C21H17N3O2. The van der Waals surface area contributed by atoms with Crippen LogP contribution in [0.25, 0.3) is 27.7 Å². The molecule has 0 spiro atoms. The summed E-state index contributed by atoms with van der Waals surface area (Å²) in [7, 11) is 0. The van der Waals surface area contributed by atoms with Gasteiger partial charge in [0.15, 0.2) is 0 Å². The van der Waals surface area contributed by atoms with Gasteiger partial charge in [-0.1, -0.05) is 37.3 Å². The number of aryl methyl sites for hydroxylation is 1. The van der Waals surface area contributed by atoms with E-state index in [1.165, 1.54) is 6.20 Å². The van der Waals surface area contributed by atoms with Crippen LogP contribution in [0.15, 0.2) is 71.8 Å². The summed E-state index contributed by atoms with van der Waals surface area (Å²) in [5, 5.41) is 10.3. The van der Waals surface area contributed by atoms with Gasteiger partial charge in [0.25, 0.3) is 5.56 Å². The summed E-state index contributed by atoms with van der Waals surface area (Å²) in [4.78, 5) is 22.2. The van der Waals surface area contributed by atoms with E-state index in [1.54, 1.807) is 16.8 Å². The molecule has 0 radical (unpaired) electrons. The first kappa shape index (κ1) is 16.0. The van der Waals surface area contributed by atoms with Crippen molar-refractivity contribution in [3.63, 3.8) is 0 Å². The van der Waals surface area contributed by atoms with Crippen LogP contribution in [-0.4, -0.2) is 19.6 Å². The number of aromatic hydroxyl groups is 1. The van der Waals surface area contributed by atoms with Crippen LogP contribution in [-0.2, 0) is 6.42 Å². The molecule has 2 aromatic heterocycles. The van der Waals surface area contributed by atoms with Gasteiger partial charge in [-0.2, -0.15) is 0 Å². The van der Waals surface area contributed by atoms with Gasteiger partial charge >= 0.3 is 0 Å². The third kappa shape index (κ3) is 2.63. The summed E-state index contributed by atoms with van der Waals surface area (Å²) in [6.45, 7) is 1.98. The standard InChI is InChI=1S/C21H17N3O2/c1-2-19-23-18-10-6-9-17(14-11-16(25)13-22-12-14)20(18)21(26)24(19)15-7-4-3-5-8-15/h3-13,25H,2H2,1H3. The Morgan fingerprint density at radius 3 is 2.58 bits per heavy atom. The van der Waals surface area contributed by atoms with Gasteiger partial charge in [-0.3, -0.25) is 14.3 Å². The molecule has 0 atom stereocenters. The first-order valence-electron chi connectivity index (χ1n) is 8.43. The van der Waals surface area contributed by atoms with Gasteiger partial charge in [0, 0.05) is 18.2 Å². The lowest BCUT2D eigenvalue weighted by Gasteiger charge is -2.14. The van der Waals surface area contributed by atoms with Crippen LogP contribution in [0.5, 0.6) is 5.75 Å². The van der Waals surface area contributed by atoms with Crippen molar-refractivity contribution < 1.29 is 5.11 Å². The van der Waals surface area contributed by atoms with E-state index in [9.17, 15) is 9.90 Å². The second-order valence-electron chi connectivity index (χ2n) is 5.99. The lowest BCUT2D eigenvalue weighted by atomic mass is 10.0. The molecule has 5 nitrogen and oxygen atoms in total. The predicted octanol–water partition coefficient (Wildman–Crippen LogP) is 3.72. The van der Waals surface area contributed by atoms with Gasteiger partial charge in [0.1, 0.15) is 11.6 Å². The number of rotatable bonds is 3. The maximum Gasteiger partial charge on any atom is 0.266 e. The average Bonchev–Trinajstić information content (AvgIpc) is 2.68. The fourth-order valence-corrected chi connectivity index (χ4v) is 3.17. The Bertz CT molecular complexity index is 1150. The molecule has 128 valence electrons. The molecule has 5 heteroatoms. The molecule has 0 amide bonds. The van der Waals surface area contributed by atoms with Crippen LogP contribution in [0.4, 0.5) is 0 Å². The molecule has 0 aliphatic heterocycles. The first-order valence-corrected chi connectivity index (χ1v) is 8.43. The molecule has 4 aromatic rings. The SMILES string of the molecule is CCc1nc2cccc(-c3cncc(O)c3)c2c(=O)n1-c1ccccc1. The van der Waals surface area contributed by atoms with E-state index in [-0.39, 0.29) is 11.3 Å². The minimum absolute atomic E-state index is 0.0565. The topological polar surface area (TPSA) is 68.0 Å². The van der Waals surface area contributed by atoms with Crippen molar-refractivity contribution in [1.29, 1.82) is 0 Å². The van der Waals surface area contributed by atoms with Crippen LogP contribution in [0.1, 0.15) is 12.7 Å². The fraction of sp³-hybridized carbons (Fsp3) is 0.0952. The van der Waals surface area contributed by atoms with E-state index < -0.39 is 0 Å². The highest BCUT2D eigenvalue weighted by Gasteiger charge is 2.15. The second kappa shape index (κ2) is 6.44. The van der Waals surface area contributed by atoms with E-state index in [0.717, 1.165) is 5.69 Å². The first-order chi connectivity index (χ1) is 12.7. The third-order valence-corrected chi connectivity index (χ3v) is 4.33. The van der Waals surface area contributed by atoms with E-state index in [1.807, 2.05) is 55.5 Å². The highest BCUT2D eigenvalue weighted by molar-refractivity contribution is 5.94. The number of aromatic nitrogens is 3. The maximum atomic E-state index is 13.4. The Labute approximate surface area is 150 Å². The molecule has 0 aliphatic rings. The third-order valence-electron chi connectivity index (χ3n) is 4.33. The van der Waals surface area contributed by atoms with Crippen LogP contribution in [0.3, 0.4) is 0 Å². The highest BCUT2D eigenvalue weighted by Crippen LogP contribution is 2.27. The van der Waals surface area contributed by atoms with E-state index in [0.29, 0.717) is 34.3 Å². The normalized spacial score (nSPS) is 11.0. The Morgan fingerprint density at radius 1 is 1.04 bits per heavy atom. The van der Waals surface area contributed by atoms with Crippen molar-refractivity contribution in [2.45, 2.75) is 13.3 Å². The predicted molar refractivity (Wildman–Crippen MR) is 102 cm³/mol. The van der Waals surface area contributed by atoms with E-state index >= 15 is 0 Å². The highest BCUT2D eigenvalue weighted by atomic mass is 16.3. The Balaban J connectivity index is 2.10. The van der Waals surface area contributed by atoms with Gasteiger partial charge in [-0.25, -0.2) is 4.98 Å². The minimum atomic E-state index is -0.128. The summed E-state index contributed by atoms with van der Waals surface area (Å²) in [5.74, 6) is 0.765. The van der Waals surface area contributed by atoms with Gasteiger partial charge in [-0.15, -0.1) is 0 Å². The monoisotopic (exact) mass is 343 g/mol. The zero-order chi connectivity index (χ0) is 18.1. The maximum absolute atomic E-state index is 13.4. The zero-order valence-corrected chi connectivity index (χ0v) is 14.3. The molecule has 0 saturated heterocycles. The molecule has 0 bridgehead atoms. The Hall–Kier alpha value is -3.47. The number of pyridine rings is 1. The smallest absolute Gasteiger partial charge is 0.266 e. The van der Waals surface area contributed by atoms with Crippen molar-refractivity contribution in [2.75, 3.05) is 0 Å². The quantitative estimate of drug-likeness (QED) is 0.616. The summed E-state index contributed by atoms with van der Waals surface area (Å²) in [6, 6.07) is 16.7. The minimum Gasteiger partial charge on any atom is -0.506 e. The summed E-state index contributed by atoms with van der Waals surface area (Å²) < 4.78 is 1.65. The fourth-order valence-electron chi connectivity index (χ4n) is 3.17. The van der Waals surface area contributed by atoms with Gasteiger partial charge in [0.05, 0.1) is 22.8 Å². The van der Waals surface area contributed by atoms with E-state index in [4.69, 9.17) is 4.98 Å². The average molecular weight is 343 g/mol. The van der Waals surface area contributed by atoms with Crippen LogP contribution in [0, 0.1) is 0 Å². The van der Waals surface area contributed by atoms with Gasteiger partial charge in [-0.05, 0) is 29.8 Å².